The Balaban J connectivity index is 2.20. The standard InChI is InChI=1S/C11H16N2O5/c1-11(17,9(14)15)7-13-10(16)12-5-4-8-3-2-6-18-8/h2-3,6,17H,4-5,7H2,1H3,(H,14,15)(H2,12,13,16). The second kappa shape index (κ2) is 6.06. The van der Waals surface area contributed by atoms with Gasteiger partial charge < -0.3 is 25.3 Å². The summed E-state index contributed by atoms with van der Waals surface area (Å²) >= 11 is 0. The van der Waals surface area contributed by atoms with E-state index in [1.807, 2.05) is 0 Å². The van der Waals surface area contributed by atoms with Crippen LogP contribution in [0.25, 0.3) is 0 Å². The average Bonchev–Trinajstić information content (AvgIpc) is 2.79. The van der Waals surface area contributed by atoms with E-state index in [1.54, 1.807) is 18.4 Å². The van der Waals surface area contributed by atoms with Gasteiger partial charge in [-0.05, 0) is 19.1 Å². The fraction of sp³-hybridized carbons (Fsp3) is 0.455. The molecule has 0 saturated carbocycles. The Kier molecular flexibility index (Phi) is 4.73. The highest BCUT2D eigenvalue weighted by atomic mass is 16.4. The molecule has 7 nitrogen and oxygen atoms in total. The van der Waals surface area contributed by atoms with Gasteiger partial charge >= 0.3 is 12.0 Å². The molecular weight excluding hydrogens is 240 g/mol. The number of hydrogen-bond donors (Lipinski definition) is 4. The number of carbonyl (C=O) groups is 2. The number of amides is 2. The van der Waals surface area contributed by atoms with E-state index in [1.165, 1.54) is 0 Å². The third kappa shape index (κ3) is 4.46. The Morgan fingerprint density at radius 2 is 2.17 bits per heavy atom. The van der Waals surface area contributed by atoms with Crippen LogP contribution < -0.4 is 10.6 Å². The third-order valence-electron chi connectivity index (χ3n) is 2.29. The molecule has 0 aliphatic rings. The molecule has 0 aliphatic carbocycles. The van der Waals surface area contributed by atoms with Crippen LogP contribution in [0.1, 0.15) is 12.7 Å². The van der Waals surface area contributed by atoms with Crippen LogP contribution in [0.4, 0.5) is 4.79 Å². The van der Waals surface area contributed by atoms with Crippen LogP contribution in [0.15, 0.2) is 22.8 Å². The van der Waals surface area contributed by atoms with Crippen LogP contribution >= 0.6 is 0 Å². The maximum absolute atomic E-state index is 11.3. The molecule has 0 fully saturated rings. The molecule has 1 rings (SSSR count). The van der Waals surface area contributed by atoms with E-state index in [4.69, 9.17) is 9.52 Å². The van der Waals surface area contributed by atoms with Crippen molar-refractivity contribution in [1.29, 1.82) is 0 Å². The van der Waals surface area contributed by atoms with E-state index in [0.29, 0.717) is 13.0 Å². The summed E-state index contributed by atoms with van der Waals surface area (Å²) in [5.41, 5.74) is -1.97. The number of carboxylic acids is 1. The van der Waals surface area contributed by atoms with Crippen LogP contribution in [0.5, 0.6) is 0 Å². The number of aliphatic carboxylic acids is 1. The molecule has 18 heavy (non-hydrogen) atoms. The predicted molar refractivity (Wildman–Crippen MR) is 62.1 cm³/mol. The van der Waals surface area contributed by atoms with Crippen LogP contribution in [-0.2, 0) is 11.2 Å². The SMILES string of the molecule is CC(O)(CNC(=O)NCCc1ccco1)C(=O)O. The second-order valence-electron chi connectivity index (χ2n) is 4.02. The highest BCUT2D eigenvalue weighted by Gasteiger charge is 2.30. The van der Waals surface area contributed by atoms with Gasteiger partial charge in [-0.3, -0.25) is 0 Å². The molecule has 1 unspecified atom stereocenters. The van der Waals surface area contributed by atoms with Gasteiger partial charge in [0.25, 0.3) is 0 Å². The van der Waals surface area contributed by atoms with Crippen LogP contribution in [0.3, 0.4) is 0 Å². The number of carboxylic acid groups (broad SMARTS) is 1. The number of rotatable bonds is 6. The van der Waals surface area contributed by atoms with Crippen molar-refractivity contribution in [3.05, 3.63) is 24.2 Å². The smallest absolute Gasteiger partial charge is 0.337 e. The van der Waals surface area contributed by atoms with Crippen molar-refractivity contribution in [1.82, 2.24) is 10.6 Å². The number of nitrogens with one attached hydrogen (secondary N) is 2. The maximum atomic E-state index is 11.3. The number of hydrogen-bond acceptors (Lipinski definition) is 4. The Hall–Kier alpha value is -2.02. The minimum atomic E-state index is -1.97. The first-order valence-corrected chi connectivity index (χ1v) is 5.41. The molecule has 0 radical (unpaired) electrons. The summed E-state index contributed by atoms with van der Waals surface area (Å²) in [4.78, 5) is 21.9. The van der Waals surface area contributed by atoms with Crippen molar-refractivity contribution in [3.63, 3.8) is 0 Å². The molecule has 1 aromatic rings. The Morgan fingerprint density at radius 1 is 1.44 bits per heavy atom. The number of furan rings is 1. The molecule has 0 bridgehead atoms. The number of urea groups is 1. The molecule has 0 saturated heterocycles. The molecule has 0 aliphatic heterocycles. The normalized spacial score (nSPS) is 13.7. The Bertz CT molecular complexity index is 400. The third-order valence-corrected chi connectivity index (χ3v) is 2.29. The van der Waals surface area contributed by atoms with E-state index in [9.17, 15) is 14.7 Å². The topological polar surface area (TPSA) is 112 Å². The summed E-state index contributed by atoms with van der Waals surface area (Å²) < 4.78 is 5.07. The summed E-state index contributed by atoms with van der Waals surface area (Å²) in [6, 6.07) is 3.00. The lowest BCUT2D eigenvalue weighted by Gasteiger charge is -2.18. The van der Waals surface area contributed by atoms with E-state index in [0.717, 1.165) is 12.7 Å². The molecule has 1 heterocycles. The molecule has 100 valence electrons. The molecule has 4 N–H and O–H groups in total. The summed E-state index contributed by atoms with van der Waals surface area (Å²) in [7, 11) is 0. The lowest BCUT2D eigenvalue weighted by Crippen LogP contribution is -2.49. The fourth-order valence-electron chi connectivity index (χ4n) is 1.14. The highest BCUT2D eigenvalue weighted by Crippen LogP contribution is 2.01. The van der Waals surface area contributed by atoms with Crippen molar-refractivity contribution in [2.24, 2.45) is 0 Å². The highest BCUT2D eigenvalue weighted by molar-refractivity contribution is 5.79. The molecule has 2 amide bonds. The lowest BCUT2D eigenvalue weighted by atomic mass is 10.1. The van der Waals surface area contributed by atoms with Gasteiger partial charge in [-0.25, -0.2) is 9.59 Å². The number of carbonyl (C=O) groups excluding carboxylic acids is 1. The molecule has 0 aromatic carbocycles. The van der Waals surface area contributed by atoms with E-state index in [-0.39, 0.29) is 6.54 Å². The minimum absolute atomic E-state index is 0.356. The van der Waals surface area contributed by atoms with Crippen LogP contribution in [0.2, 0.25) is 0 Å². The fourth-order valence-corrected chi connectivity index (χ4v) is 1.14. The average molecular weight is 256 g/mol. The Labute approximate surface area is 104 Å². The second-order valence-corrected chi connectivity index (χ2v) is 4.02. The monoisotopic (exact) mass is 256 g/mol. The summed E-state index contributed by atoms with van der Waals surface area (Å²) in [6.07, 6.45) is 2.08. The van der Waals surface area contributed by atoms with Crippen molar-refractivity contribution in [2.75, 3.05) is 13.1 Å². The first-order chi connectivity index (χ1) is 8.42. The lowest BCUT2D eigenvalue weighted by molar-refractivity contribution is -0.155. The van der Waals surface area contributed by atoms with Gasteiger partial charge in [0.05, 0.1) is 12.8 Å². The molecular formula is C11H16N2O5. The maximum Gasteiger partial charge on any atom is 0.337 e. The van der Waals surface area contributed by atoms with Gasteiger partial charge in [0.2, 0.25) is 0 Å². The quantitative estimate of drug-likeness (QED) is 0.570. The first-order valence-electron chi connectivity index (χ1n) is 5.41. The zero-order chi connectivity index (χ0) is 13.6. The molecule has 1 aromatic heterocycles. The van der Waals surface area contributed by atoms with Gasteiger partial charge in [-0.2, -0.15) is 0 Å². The zero-order valence-corrected chi connectivity index (χ0v) is 9.97. The number of aliphatic hydroxyl groups is 1. The van der Waals surface area contributed by atoms with Crippen molar-refractivity contribution in [3.8, 4) is 0 Å². The van der Waals surface area contributed by atoms with Gasteiger partial charge in [0.1, 0.15) is 5.76 Å². The van der Waals surface area contributed by atoms with Crippen molar-refractivity contribution >= 4 is 12.0 Å². The predicted octanol–water partition coefficient (Wildman–Crippen LogP) is -0.0431. The van der Waals surface area contributed by atoms with Crippen molar-refractivity contribution in [2.45, 2.75) is 18.9 Å². The summed E-state index contributed by atoms with van der Waals surface area (Å²) in [5.74, 6) is -0.647. The minimum Gasteiger partial charge on any atom is -0.479 e. The van der Waals surface area contributed by atoms with Gasteiger partial charge in [0, 0.05) is 13.0 Å². The van der Waals surface area contributed by atoms with Gasteiger partial charge in [0.15, 0.2) is 5.60 Å². The first kappa shape index (κ1) is 14.0. The largest absolute Gasteiger partial charge is 0.479 e. The Morgan fingerprint density at radius 3 is 2.72 bits per heavy atom. The van der Waals surface area contributed by atoms with Crippen LogP contribution in [-0.4, -0.2) is 40.9 Å². The summed E-state index contributed by atoms with van der Waals surface area (Å²) in [6.45, 7) is 1.10. The zero-order valence-electron chi connectivity index (χ0n) is 9.97. The van der Waals surface area contributed by atoms with Crippen LogP contribution in [0, 0.1) is 0 Å². The molecule has 7 heteroatoms. The summed E-state index contributed by atoms with van der Waals surface area (Å²) in [5, 5.41) is 22.8. The van der Waals surface area contributed by atoms with E-state index < -0.39 is 17.6 Å². The molecule has 0 spiro atoms. The van der Waals surface area contributed by atoms with Crippen molar-refractivity contribution < 1.29 is 24.2 Å². The van der Waals surface area contributed by atoms with Gasteiger partial charge in [-0.1, -0.05) is 0 Å². The molecule has 1 atom stereocenters. The van der Waals surface area contributed by atoms with E-state index in [2.05, 4.69) is 10.6 Å². The van der Waals surface area contributed by atoms with E-state index >= 15 is 0 Å². The van der Waals surface area contributed by atoms with Gasteiger partial charge in [-0.15, -0.1) is 0 Å².